The van der Waals surface area contributed by atoms with Crippen LogP contribution in [-0.2, 0) is 17.8 Å². The van der Waals surface area contributed by atoms with Crippen LogP contribution in [0.25, 0.3) is 11.1 Å². The zero-order valence-corrected chi connectivity index (χ0v) is 17.7. The summed E-state index contributed by atoms with van der Waals surface area (Å²) in [5, 5.41) is 5.99. The third kappa shape index (κ3) is 5.61. The highest BCUT2D eigenvalue weighted by Gasteiger charge is 2.14. The molecule has 1 heterocycles. The van der Waals surface area contributed by atoms with Crippen LogP contribution in [0.5, 0.6) is 0 Å². The first kappa shape index (κ1) is 21.4. The van der Waals surface area contributed by atoms with E-state index in [1.54, 1.807) is 6.20 Å². The number of anilines is 1. The smallest absolute Gasteiger partial charge is 0.238 e. The van der Waals surface area contributed by atoms with Crippen LogP contribution in [0.1, 0.15) is 41.0 Å². The van der Waals surface area contributed by atoms with Crippen LogP contribution in [0, 0.1) is 6.92 Å². The number of aryl methyl sites for hydroxylation is 2. The molecule has 0 radical (unpaired) electrons. The van der Waals surface area contributed by atoms with Gasteiger partial charge in [-0.15, -0.1) is 0 Å². The molecular formula is C25H27N3O2. The van der Waals surface area contributed by atoms with E-state index >= 15 is 0 Å². The number of carbonyl (C=O) groups is 2. The highest BCUT2D eigenvalue weighted by molar-refractivity contribution is 6.03. The number of Topliss-reactive ketones (excluding diaryl/α,β-unsaturated/α-hetero) is 1. The summed E-state index contributed by atoms with van der Waals surface area (Å²) in [7, 11) is 0. The Morgan fingerprint density at radius 1 is 0.967 bits per heavy atom. The van der Waals surface area contributed by atoms with E-state index in [9.17, 15) is 9.59 Å². The number of hydrogen-bond acceptors (Lipinski definition) is 4. The molecule has 3 rings (SSSR count). The van der Waals surface area contributed by atoms with Crippen molar-refractivity contribution in [3.63, 3.8) is 0 Å². The lowest BCUT2D eigenvalue weighted by Crippen LogP contribution is -2.28. The van der Waals surface area contributed by atoms with Gasteiger partial charge in [0.2, 0.25) is 5.91 Å². The third-order valence-electron chi connectivity index (χ3n) is 4.86. The zero-order valence-electron chi connectivity index (χ0n) is 17.7. The van der Waals surface area contributed by atoms with Crippen LogP contribution < -0.4 is 10.6 Å². The van der Waals surface area contributed by atoms with Crippen molar-refractivity contribution in [2.24, 2.45) is 0 Å². The Balaban J connectivity index is 1.72. The molecule has 0 saturated heterocycles. The second-order valence-corrected chi connectivity index (χ2v) is 7.37. The molecule has 0 atom stereocenters. The topological polar surface area (TPSA) is 71.1 Å². The van der Waals surface area contributed by atoms with Crippen LogP contribution >= 0.6 is 0 Å². The fourth-order valence-corrected chi connectivity index (χ4v) is 3.31. The minimum atomic E-state index is -0.216. The molecule has 2 aromatic carbocycles. The molecule has 0 saturated carbocycles. The van der Waals surface area contributed by atoms with Gasteiger partial charge < -0.3 is 10.6 Å². The Labute approximate surface area is 177 Å². The van der Waals surface area contributed by atoms with E-state index in [1.165, 1.54) is 18.1 Å². The molecule has 5 nitrogen and oxygen atoms in total. The quantitative estimate of drug-likeness (QED) is 0.543. The first-order valence-electron chi connectivity index (χ1n) is 10.1. The molecule has 1 amide bonds. The SMILES string of the molecule is CCc1cccc(-c2cnc(C(C)=O)c(NC(=O)CNCc3cccc(C)c3)c2)c1. The van der Waals surface area contributed by atoms with Gasteiger partial charge in [0.05, 0.1) is 12.2 Å². The summed E-state index contributed by atoms with van der Waals surface area (Å²) in [5.74, 6) is -0.404. The average Bonchev–Trinajstić information content (AvgIpc) is 2.73. The first-order valence-corrected chi connectivity index (χ1v) is 10.1. The molecule has 30 heavy (non-hydrogen) atoms. The van der Waals surface area contributed by atoms with Gasteiger partial charge >= 0.3 is 0 Å². The molecule has 5 heteroatoms. The molecule has 0 unspecified atom stereocenters. The molecule has 0 aliphatic rings. The van der Waals surface area contributed by atoms with Crippen molar-refractivity contribution in [3.05, 3.63) is 83.2 Å². The highest BCUT2D eigenvalue weighted by atomic mass is 16.2. The van der Waals surface area contributed by atoms with Crippen molar-refractivity contribution in [3.8, 4) is 11.1 Å². The van der Waals surface area contributed by atoms with Crippen molar-refractivity contribution < 1.29 is 9.59 Å². The van der Waals surface area contributed by atoms with E-state index in [1.807, 2.05) is 43.3 Å². The predicted molar refractivity (Wildman–Crippen MR) is 121 cm³/mol. The largest absolute Gasteiger partial charge is 0.323 e. The molecule has 0 bridgehead atoms. The Morgan fingerprint density at radius 3 is 2.47 bits per heavy atom. The van der Waals surface area contributed by atoms with Gasteiger partial charge in [-0.25, -0.2) is 0 Å². The number of hydrogen-bond donors (Lipinski definition) is 2. The van der Waals surface area contributed by atoms with Crippen molar-refractivity contribution in [1.82, 2.24) is 10.3 Å². The minimum absolute atomic E-state index is 0.140. The van der Waals surface area contributed by atoms with Crippen LogP contribution in [0.3, 0.4) is 0 Å². The maximum absolute atomic E-state index is 12.5. The fraction of sp³-hybridized carbons (Fsp3) is 0.240. The van der Waals surface area contributed by atoms with Gasteiger partial charge in [0.25, 0.3) is 0 Å². The molecule has 3 aromatic rings. The lowest BCUT2D eigenvalue weighted by atomic mass is 10.0. The van der Waals surface area contributed by atoms with Crippen LogP contribution in [-0.4, -0.2) is 23.2 Å². The Kier molecular flexibility index (Phi) is 7.09. The number of carbonyl (C=O) groups excluding carboxylic acids is 2. The molecule has 0 fully saturated rings. The standard InChI is InChI=1S/C25H27N3O2/c1-4-19-8-6-10-21(12-19)22-13-23(25(18(3)29)27-15-22)28-24(30)16-26-14-20-9-5-7-17(2)11-20/h5-13,15,26H,4,14,16H2,1-3H3,(H,28,30). The van der Waals surface area contributed by atoms with Crippen LogP contribution in [0.2, 0.25) is 0 Å². The van der Waals surface area contributed by atoms with Gasteiger partial charge in [0, 0.05) is 25.2 Å². The number of pyridine rings is 1. The summed E-state index contributed by atoms with van der Waals surface area (Å²) in [6.45, 7) is 6.32. The normalized spacial score (nSPS) is 10.6. The molecule has 0 aliphatic carbocycles. The predicted octanol–water partition coefficient (Wildman–Crippen LogP) is 4.55. The van der Waals surface area contributed by atoms with Gasteiger partial charge in [-0.2, -0.15) is 0 Å². The number of amides is 1. The van der Waals surface area contributed by atoms with Crippen LogP contribution in [0.4, 0.5) is 5.69 Å². The van der Waals surface area contributed by atoms with E-state index in [-0.39, 0.29) is 23.9 Å². The van der Waals surface area contributed by atoms with Crippen molar-refractivity contribution in [2.75, 3.05) is 11.9 Å². The number of aromatic nitrogens is 1. The summed E-state index contributed by atoms with van der Waals surface area (Å²) < 4.78 is 0. The number of ketones is 1. The fourth-order valence-electron chi connectivity index (χ4n) is 3.31. The summed E-state index contributed by atoms with van der Waals surface area (Å²) in [4.78, 5) is 28.8. The zero-order chi connectivity index (χ0) is 21.5. The maximum atomic E-state index is 12.5. The van der Waals surface area contributed by atoms with E-state index in [0.717, 1.165) is 23.1 Å². The van der Waals surface area contributed by atoms with E-state index in [2.05, 4.69) is 40.7 Å². The number of nitrogens with zero attached hydrogens (tertiary/aromatic N) is 1. The summed E-state index contributed by atoms with van der Waals surface area (Å²) in [6, 6.07) is 18.1. The van der Waals surface area contributed by atoms with Crippen molar-refractivity contribution in [2.45, 2.75) is 33.7 Å². The molecule has 0 aliphatic heterocycles. The van der Waals surface area contributed by atoms with Gasteiger partial charge in [0.1, 0.15) is 5.69 Å². The monoisotopic (exact) mass is 401 g/mol. The lowest BCUT2D eigenvalue weighted by molar-refractivity contribution is -0.115. The first-order chi connectivity index (χ1) is 14.5. The number of nitrogens with one attached hydrogen (secondary N) is 2. The van der Waals surface area contributed by atoms with E-state index in [0.29, 0.717) is 12.2 Å². The van der Waals surface area contributed by atoms with Gasteiger partial charge in [-0.05, 0) is 36.1 Å². The van der Waals surface area contributed by atoms with Gasteiger partial charge in [0.15, 0.2) is 5.78 Å². The third-order valence-corrected chi connectivity index (χ3v) is 4.86. The van der Waals surface area contributed by atoms with Crippen molar-refractivity contribution >= 4 is 17.4 Å². The number of benzene rings is 2. The van der Waals surface area contributed by atoms with Gasteiger partial charge in [-0.1, -0.05) is 61.0 Å². The maximum Gasteiger partial charge on any atom is 0.238 e. The lowest BCUT2D eigenvalue weighted by Gasteiger charge is -2.12. The molecular weight excluding hydrogens is 374 g/mol. The average molecular weight is 402 g/mol. The second kappa shape index (κ2) is 9.94. The molecule has 154 valence electrons. The summed E-state index contributed by atoms with van der Waals surface area (Å²) in [6.07, 6.45) is 2.61. The van der Waals surface area contributed by atoms with Crippen molar-refractivity contribution in [1.29, 1.82) is 0 Å². The summed E-state index contributed by atoms with van der Waals surface area (Å²) in [5.41, 5.74) is 6.07. The highest BCUT2D eigenvalue weighted by Crippen LogP contribution is 2.25. The molecule has 1 aromatic heterocycles. The Morgan fingerprint density at radius 2 is 1.73 bits per heavy atom. The van der Waals surface area contributed by atoms with Crippen LogP contribution in [0.15, 0.2) is 60.8 Å². The number of rotatable bonds is 8. The molecule has 0 spiro atoms. The Bertz CT molecular complexity index is 1060. The van der Waals surface area contributed by atoms with Gasteiger partial charge in [-0.3, -0.25) is 14.6 Å². The Hall–Kier alpha value is -3.31. The minimum Gasteiger partial charge on any atom is -0.323 e. The summed E-state index contributed by atoms with van der Waals surface area (Å²) >= 11 is 0. The molecule has 2 N–H and O–H groups in total. The van der Waals surface area contributed by atoms with E-state index in [4.69, 9.17) is 0 Å². The second-order valence-electron chi connectivity index (χ2n) is 7.37. The van der Waals surface area contributed by atoms with E-state index < -0.39 is 0 Å².